The van der Waals surface area contributed by atoms with Crippen LogP contribution in [0.25, 0.3) is 33.3 Å². The standard InChI is InChI=1S/C22H21BrFN5/c23-13-4-6-18-16(9-13)21(27-11-15-3-1-2-8-25-15)17(12-26-18)22-28-19-7-5-14(24)10-20(19)29-22/h4-7,9-10,12,15,25H,1-3,8,11H2,(H,26,27)(H,28,29). The lowest BCUT2D eigenvalue weighted by Gasteiger charge is -2.25. The van der Waals surface area contributed by atoms with Crippen molar-refractivity contribution in [2.24, 2.45) is 0 Å². The van der Waals surface area contributed by atoms with Crippen LogP contribution < -0.4 is 10.6 Å². The summed E-state index contributed by atoms with van der Waals surface area (Å²) in [4.78, 5) is 12.6. The Hall–Kier alpha value is -2.51. The molecule has 3 N–H and O–H groups in total. The predicted octanol–water partition coefficient (Wildman–Crippen LogP) is 5.23. The second-order valence-corrected chi connectivity index (χ2v) is 8.40. The molecule has 1 aliphatic heterocycles. The van der Waals surface area contributed by atoms with Crippen LogP contribution in [0.1, 0.15) is 19.3 Å². The first kappa shape index (κ1) is 18.5. The number of hydrogen-bond donors (Lipinski definition) is 3. The van der Waals surface area contributed by atoms with E-state index in [2.05, 4.69) is 47.6 Å². The van der Waals surface area contributed by atoms with Gasteiger partial charge < -0.3 is 15.6 Å². The van der Waals surface area contributed by atoms with E-state index < -0.39 is 0 Å². The van der Waals surface area contributed by atoms with E-state index in [1.165, 1.54) is 31.4 Å². The number of halogens is 2. The molecule has 0 radical (unpaired) electrons. The van der Waals surface area contributed by atoms with Gasteiger partial charge in [-0.25, -0.2) is 9.37 Å². The first-order valence-corrected chi connectivity index (χ1v) is 10.7. The molecule has 1 aliphatic rings. The molecular formula is C22H21BrFN5. The molecule has 148 valence electrons. The van der Waals surface area contributed by atoms with Gasteiger partial charge in [0.15, 0.2) is 0 Å². The lowest BCUT2D eigenvalue weighted by molar-refractivity contribution is 0.414. The van der Waals surface area contributed by atoms with Crippen molar-refractivity contribution >= 4 is 43.6 Å². The second-order valence-electron chi connectivity index (χ2n) is 7.48. The Labute approximate surface area is 176 Å². The summed E-state index contributed by atoms with van der Waals surface area (Å²) in [6, 6.07) is 11.1. The van der Waals surface area contributed by atoms with Crippen molar-refractivity contribution in [3.63, 3.8) is 0 Å². The third kappa shape index (κ3) is 3.72. The van der Waals surface area contributed by atoms with Crippen LogP contribution in [0.2, 0.25) is 0 Å². The van der Waals surface area contributed by atoms with Crippen molar-refractivity contribution in [2.45, 2.75) is 25.3 Å². The lowest BCUT2D eigenvalue weighted by atomic mass is 10.0. The molecular weight excluding hydrogens is 433 g/mol. The number of nitrogens with one attached hydrogen (secondary N) is 3. The average molecular weight is 454 g/mol. The van der Waals surface area contributed by atoms with Gasteiger partial charge >= 0.3 is 0 Å². The van der Waals surface area contributed by atoms with Crippen LogP contribution in [0.15, 0.2) is 47.1 Å². The molecule has 1 unspecified atom stereocenters. The Morgan fingerprint density at radius 3 is 2.90 bits per heavy atom. The summed E-state index contributed by atoms with van der Waals surface area (Å²) in [6.45, 7) is 1.89. The van der Waals surface area contributed by atoms with Gasteiger partial charge in [-0.2, -0.15) is 0 Å². The van der Waals surface area contributed by atoms with Crippen molar-refractivity contribution in [1.82, 2.24) is 20.3 Å². The Morgan fingerprint density at radius 1 is 1.14 bits per heavy atom. The number of benzene rings is 2. The molecule has 7 heteroatoms. The minimum absolute atomic E-state index is 0.282. The topological polar surface area (TPSA) is 65.6 Å². The summed E-state index contributed by atoms with van der Waals surface area (Å²) in [7, 11) is 0. The van der Waals surface area contributed by atoms with E-state index in [1.807, 2.05) is 18.3 Å². The molecule has 4 aromatic rings. The van der Waals surface area contributed by atoms with E-state index >= 15 is 0 Å². The normalized spacial score (nSPS) is 17.1. The van der Waals surface area contributed by atoms with Gasteiger partial charge in [-0.1, -0.05) is 22.4 Å². The van der Waals surface area contributed by atoms with Gasteiger partial charge in [0.2, 0.25) is 0 Å². The summed E-state index contributed by atoms with van der Waals surface area (Å²) < 4.78 is 14.6. The third-order valence-corrected chi connectivity index (χ3v) is 5.96. The molecule has 2 aromatic carbocycles. The molecule has 1 fully saturated rings. The van der Waals surface area contributed by atoms with Crippen LogP contribution in [0.5, 0.6) is 0 Å². The second kappa shape index (κ2) is 7.72. The van der Waals surface area contributed by atoms with Gasteiger partial charge in [0.25, 0.3) is 0 Å². The fourth-order valence-corrected chi connectivity index (χ4v) is 4.33. The van der Waals surface area contributed by atoms with Crippen molar-refractivity contribution in [3.05, 3.63) is 52.9 Å². The summed E-state index contributed by atoms with van der Waals surface area (Å²) in [5, 5.41) is 8.26. The molecule has 29 heavy (non-hydrogen) atoms. The number of aromatic nitrogens is 3. The molecule has 0 amide bonds. The Kier molecular flexibility index (Phi) is 4.93. The number of hydrogen-bond acceptors (Lipinski definition) is 4. The quantitative estimate of drug-likeness (QED) is 0.395. The van der Waals surface area contributed by atoms with Crippen LogP contribution in [-0.4, -0.2) is 34.1 Å². The third-order valence-electron chi connectivity index (χ3n) is 5.47. The van der Waals surface area contributed by atoms with Gasteiger partial charge in [0.1, 0.15) is 11.6 Å². The van der Waals surface area contributed by atoms with Crippen LogP contribution in [0.3, 0.4) is 0 Å². The molecule has 1 saturated heterocycles. The first-order chi connectivity index (χ1) is 14.2. The molecule has 3 heterocycles. The van der Waals surface area contributed by atoms with E-state index in [0.29, 0.717) is 17.4 Å². The van der Waals surface area contributed by atoms with Crippen molar-refractivity contribution in [1.29, 1.82) is 0 Å². The Balaban J connectivity index is 1.60. The molecule has 0 spiro atoms. The van der Waals surface area contributed by atoms with E-state index in [0.717, 1.165) is 45.2 Å². The van der Waals surface area contributed by atoms with Crippen LogP contribution >= 0.6 is 15.9 Å². The smallest absolute Gasteiger partial charge is 0.142 e. The number of anilines is 1. The van der Waals surface area contributed by atoms with Gasteiger partial charge in [0, 0.05) is 28.6 Å². The number of pyridine rings is 1. The Morgan fingerprint density at radius 2 is 2.03 bits per heavy atom. The molecule has 5 nitrogen and oxygen atoms in total. The highest BCUT2D eigenvalue weighted by atomic mass is 79.9. The largest absolute Gasteiger partial charge is 0.382 e. The summed E-state index contributed by atoms with van der Waals surface area (Å²) in [5.41, 5.74) is 4.19. The molecule has 5 rings (SSSR count). The number of H-pyrrole nitrogens is 1. The molecule has 0 aliphatic carbocycles. The van der Waals surface area contributed by atoms with Crippen LogP contribution in [-0.2, 0) is 0 Å². The number of aromatic amines is 1. The number of fused-ring (bicyclic) bond motifs is 2. The highest BCUT2D eigenvalue weighted by Crippen LogP contribution is 2.34. The van der Waals surface area contributed by atoms with Crippen molar-refractivity contribution in [2.75, 3.05) is 18.4 Å². The zero-order valence-corrected chi connectivity index (χ0v) is 17.4. The van der Waals surface area contributed by atoms with Crippen LogP contribution in [0, 0.1) is 5.82 Å². The Bertz CT molecular complexity index is 1180. The predicted molar refractivity (Wildman–Crippen MR) is 119 cm³/mol. The van der Waals surface area contributed by atoms with Gasteiger partial charge in [-0.05, 0) is 55.8 Å². The number of imidazole rings is 1. The highest BCUT2D eigenvalue weighted by molar-refractivity contribution is 9.10. The minimum atomic E-state index is -0.282. The lowest BCUT2D eigenvalue weighted by Crippen LogP contribution is -2.39. The zero-order chi connectivity index (χ0) is 19.8. The van der Waals surface area contributed by atoms with E-state index in [-0.39, 0.29) is 5.82 Å². The maximum absolute atomic E-state index is 13.6. The zero-order valence-electron chi connectivity index (χ0n) is 15.8. The van der Waals surface area contributed by atoms with E-state index in [9.17, 15) is 4.39 Å². The maximum Gasteiger partial charge on any atom is 0.142 e. The number of rotatable bonds is 4. The molecule has 0 saturated carbocycles. The first-order valence-electron chi connectivity index (χ1n) is 9.88. The fraction of sp³-hybridized carbons (Fsp3) is 0.273. The maximum atomic E-state index is 13.6. The fourth-order valence-electron chi connectivity index (χ4n) is 3.97. The van der Waals surface area contributed by atoms with E-state index in [1.54, 1.807) is 6.07 Å². The summed E-state index contributed by atoms with van der Waals surface area (Å²) in [5.74, 6) is 0.397. The van der Waals surface area contributed by atoms with Gasteiger partial charge in [-0.3, -0.25) is 4.98 Å². The van der Waals surface area contributed by atoms with Crippen molar-refractivity contribution in [3.8, 4) is 11.4 Å². The number of nitrogens with zero attached hydrogens (tertiary/aromatic N) is 2. The summed E-state index contributed by atoms with van der Waals surface area (Å²) in [6.07, 6.45) is 5.49. The van der Waals surface area contributed by atoms with Gasteiger partial charge in [-0.15, -0.1) is 0 Å². The van der Waals surface area contributed by atoms with E-state index in [4.69, 9.17) is 0 Å². The van der Waals surface area contributed by atoms with Crippen molar-refractivity contribution < 1.29 is 4.39 Å². The highest BCUT2D eigenvalue weighted by Gasteiger charge is 2.17. The average Bonchev–Trinajstić information content (AvgIpc) is 3.15. The monoisotopic (exact) mass is 453 g/mol. The molecule has 0 bridgehead atoms. The number of piperidine rings is 1. The molecule has 1 atom stereocenters. The molecule has 2 aromatic heterocycles. The van der Waals surface area contributed by atoms with Crippen LogP contribution in [0.4, 0.5) is 10.1 Å². The SMILES string of the molecule is Fc1ccc2nc(-c3cnc4ccc(Br)cc4c3NCC3CCCCN3)[nH]c2c1. The minimum Gasteiger partial charge on any atom is -0.382 e. The van der Waals surface area contributed by atoms with Gasteiger partial charge in [0.05, 0.1) is 27.8 Å². The summed E-state index contributed by atoms with van der Waals surface area (Å²) >= 11 is 3.58.